The Morgan fingerprint density at radius 2 is 1.74 bits per heavy atom. The molecule has 0 bridgehead atoms. The van der Waals surface area contributed by atoms with Gasteiger partial charge in [0.15, 0.2) is 0 Å². The van der Waals surface area contributed by atoms with E-state index in [-0.39, 0.29) is 11.7 Å². The molecule has 2 N–H and O–H groups in total. The lowest BCUT2D eigenvalue weighted by Gasteiger charge is -2.10. The summed E-state index contributed by atoms with van der Waals surface area (Å²) in [7, 11) is -2.44. The predicted molar refractivity (Wildman–Crippen MR) is 88.2 cm³/mol. The predicted octanol–water partition coefficient (Wildman–Crippen LogP) is 2.28. The van der Waals surface area contributed by atoms with E-state index in [4.69, 9.17) is 9.79 Å². The third-order valence-electron chi connectivity index (χ3n) is 3.58. The maximum atomic E-state index is 12.4. The van der Waals surface area contributed by atoms with Gasteiger partial charge in [-0.1, -0.05) is 36.4 Å². The maximum absolute atomic E-state index is 12.4. The highest BCUT2D eigenvalue weighted by molar-refractivity contribution is 7.50. The van der Waals surface area contributed by atoms with E-state index in [1.165, 1.54) is 4.57 Å². The van der Waals surface area contributed by atoms with Crippen molar-refractivity contribution in [3.05, 3.63) is 64.4 Å². The van der Waals surface area contributed by atoms with Crippen molar-refractivity contribution in [2.75, 3.05) is 0 Å². The van der Waals surface area contributed by atoms with Crippen LogP contribution in [0.1, 0.15) is 5.56 Å². The number of fused-ring (bicyclic) bond motifs is 1. The standard InChI is InChI=1S/C16H15N2O4P/c1-18-15(17-14-5-3-2-4-13(14)16(18)19)12-8-6-11(7-9-12)10-23(20,21)22/h2-9H,10H2,1H3,(H2,20,21,22). The van der Waals surface area contributed by atoms with Gasteiger partial charge in [0.25, 0.3) is 5.56 Å². The van der Waals surface area contributed by atoms with Crippen LogP contribution in [0.5, 0.6) is 0 Å². The molecule has 1 aromatic heterocycles. The van der Waals surface area contributed by atoms with Crippen LogP contribution in [0.15, 0.2) is 53.3 Å². The van der Waals surface area contributed by atoms with E-state index in [9.17, 15) is 9.36 Å². The third-order valence-corrected chi connectivity index (χ3v) is 4.36. The van der Waals surface area contributed by atoms with E-state index in [1.807, 2.05) is 6.07 Å². The second kappa shape index (κ2) is 5.74. The van der Waals surface area contributed by atoms with E-state index in [1.54, 1.807) is 49.5 Å². The van der Waals surface area contributed by atoms with Gasteiger partial charge in [-0.05, 0) is 17.7 Å². The monoisotopic (exact) mass is 330 g/mol. The topological polar surface area (TPSA) is 92.4 Å². The van der Waals surface area contributed by atoms with Crippen molar-refractivity contribution in [2.45, 2.75) is 6.16 Å². The van der Waals surface area contributed by atoms with E-state index < -0.39 is 7.60 Å². The van der Waals surface area contributed by atoms with Crippen LogP contribution in [0, 0.1) is 0 Å². The molecule has 3 rings (SSSR count). The average molecular weight is 330 g/mol. The molecule has 0 radical (unpaired) electrons. The van der Waals surface area contributed by atoms with Gasteiger partial charge >= 0.3 is 7.60 Å². The zero-order valence-electron chi connectivity index (χ0n) is 12.4. The molecule has 2 aromatic carbocycles. The molecule has 0 saturated carbocycles. The quantitative estimate of drug-likeness (QED) is 0.719. The molecule has 0 spiro atoms. The van der Waals surface area contributed by atoms with E-state index in [0.717, 1.165) is 0 Å². The van der Waals surface area contributed by atoms with Crippen molar-refractivity contribution >= 4 is 18.5 Å². The van der Waals surface area contributed by atoms with Crippen LogP contribution < -0.4 is 5.56 Å². The van der Waals surface area contributed by atoms with Crippen LogP contribution in [0.2, 0.25) is 0 Å². The summed E-state index contributed by atoms with van der Waals surface area (Å²) in [6.07, 6.45) is -0.308. The molecule has 0 aliphatic heterocycles. The van der Waals surface area contributed by atoms with Crippen molar-refractivity contribution in [1.82, 2.24) is 9.55 Å². The van der Waals surface area contributed by atoms with Gasteiger partial charge < -0.3 is 9.79 Å². The maximum Gasteiger partial charge on any atom is 0.329 e. The fourth-order valence-electron chi connectivity index (χ4n) is 2.47. The van der Waals surface area contributed by atoms with Gasteiger partial charge in [0.1, 0.15) is 5.82 Å². The third kappa shape index (κ3) is 3.24. The first-order valence-corrected chi connectivity index (χ1v) is 8.74. The number of nitrogens with zero attached hydrogens (tertiary/aromatic N) is 2. The molecule has 7 heteroatoms. The summed E-state index contributed by atoms with van der Waals surface area (Å²) in [6.45, 7) is 0. The molecule has 1 heterocycles. The highest BCUT2D eigenvalue weighted by Crippen LogP contribution is 2.39. The summed E-state index contributed by atoms with van der Waals surface area (Å²) in [4.78, 5) is 34.9. The summed E-state index contributed by atoms with van der Waals surface area (Å²) in [5.74, 6) is 0.511. The molecule has 118 valence electrons. The Balaban J connectivity index is 2.08. The van der Waals surface area contributed by atoms with Crippen molar-refractivity contribution in [1.29, 1.82) is 0 Å². The Bertz CT molecular complexity index is 974. The van der Waals surface area contributed by atoms with E-state index >= 15 is 0 Å². The fourth-order valence-corrected chi connectivity index (χ4v) is 3.16. The average Bonchev–Trinajstić information content (AvgIpc) is 2.50. The summed E-state index contributed by atoms with van der Waals surface area (Å²) < 4.78 is 12.5. The molecule has 6 nitrogen and oxygen atoms in total. The highest BCUT2D eigenvalue weighted by atomic mass is 31.2. The second-order valence-electron chi connectivity index (χ2n) is 5.34. The zero-order chi connectivity index (χ0) is 16.6. The summed E-state index contributed by atoms with van der Waals surface area (Å²) in [5.41, 5.74) is 1.73. The zero-order valence-corrected chi connectivity index (χ0v) is 13.3. The molecule has 0 aliphatic rings. The van der Waals surface area contributed by atoms with Gasteiger partial charge in [-0.2, -0.15) is 0 Å². The Morgan fingerprint density at radius 3 is 2.39 bits per heavy atom. The van der Waals surface area contributed by atoms with Gasteiger partial charge in [0.05, 0.1) is 17.1 Å². The first-order valence-electron chi connectivity index (χ1n) is 6.95. The van der Waals surface area contributed by atoms with Gasteiger partial charge in [-0.15, -0.1) is 0 Å². The van der Waals surface area contributed by atoms with Crippen molar-refractivity contribution in [2.24, 2.45) is 7.05 Å². The lowest BCUT2D eigenvalue weighted by molar-refractivity contribution is 0.371. The van der Waals surface area contributed by atoms with Gasteiger partial charge in [0, 0.05) is 12.6 Å². The fraction of sp³-hybridized carbons (Fsp3) is 0.125. The number of aromatic nitrogens is 2. The normalized spacial score (nSPS) is 11.8. The Morgan fingerprint density at radius 1 is 1.09 bits per heavy atom. The lowest BCUT2D eigenvalue weighted by atomic mass is 10.1. The number of benzene rings is 2. The van der Waals surface area contributed by atoms with Crippen LogP contribution >= 0.6 is 7.60 Å². The minimum absolute atomic E-state index is 0.134. The number of hydrogen-bond donors (Lipinski definition) is 2. The van der Waals surface area contributed by atoms with Crippen molar-refractivity contribution < 1.29 is 14.4 Å². The van der Waals surface area contributed by atoms with Crippen LogP contribution in [0.25, 0.3) is 22.3 Å². The highest BCUT2D eigenvalue weighted by Gasteiger charge is 2.14. The van der Waals surface area contributed by atoms with Crippen molar-refractivity contribution in [3.8, 4) is 11.4 Å². The summed E-state index contributed by atoms with van der Waals surface area (Å²) in [5, 5.41) is 0.553. The number of rotatable bonds is 3. The number of para-hydroxylation sites is 1. The minimum Gasteiger partial charge on any atom is -0.324 e. The largest absolute Gasteiger partial charge is 0.329 e. The molecule has 0 atom stereocenters. The molecule has 0 unspecified atom stereocenters. The Hall–Kier alpha value is -2.27. The van der Waals surface area contributed by atoms with Gasteiger partial charge in [-0.25, -0.2) is 4.98 Å². The smallest absolute Gasteiger partial charge is 0.324 e. The van der Waals surface area contributed by atoms with Crippen LogP contribution in [0.3, 0.4) is 0 Å². The summed E-state index contributed by atoms with van der Waals surface area (Å²) in [6, 6.07) is 13.8. The first kappa shape index (κ1) is 15.6. The van der Waals surface area contributed by atoms with Crippen LogP contribution in [-0.2, 0) is 17.8 Å². The molecule has 0 saturated heterocycles. The van der Waals surface area contributed by atoms with E-state index in [0.29, 0.717) is 27.9 Å². The van der Waals surface area contributed by atoms with Crippen LogP contribution in [0.4, 0.5) is 0 Å². The SMILES string of the molecule is Cn1c(-c2ccc(CP(=O)(O)O)cc2)nc2ccccc2c1=O. The molecular formula is C16H15N2O4P. The van der Waals surface area contributed by atoms with E-state index in [2.05, 4.69) is 4.98 Å². The van der Waals surface area contributed by atoms with Crippen LogP contribution in [-0.4, -0.2) is 19.3 Å². The van der Waals surface area contributed by atoms with Gasteiger partial charge in [0.2, 0.25) is 0 Å². The second-order valence-corrected chi connectivity index (χ2v) is 6.98. The van der Waals surface area contributed by atoms with Gasteiger partial charge in [-0.3, -0.25) is 13.9 Å². The lowest BCUT2D eigenvalue weighted by Crippen LogP contribution is -2.20. The molecule has 3 aromatic rings. The first-order chi connectivity index (χ1) is 10.8. The number of hydrogen-bond acceptors (Lipinski definition) is 3. The Labute approximate surface area is 132 Å². The molecule has 23 heavy (non-hydrogen) atoms. The van der Waals surface area contributed by atoms with Crippen molar-refractivity contribution in [3.63, 3.8) is 0 Å². The molecule has 0 amide bonds. The molecule has 0 aliphatic carbocycles. The molecule has 0 fully saturated rings. The minimum atomic E-state index is -4.10. The molecular weight excluding hydrogens is 315 g/mol. The summed E-state index contributed by atoms with van der Waals surface area (Å²) >= 11 is 0. The Kier molecular flexibility index (Phi) is 3.90.